The average Bonchev–Trinajstić information content (AvgIpc) is 3.36. The quantitative estimate of drug-likeness (QED) is 0.189. The van der Waals surface area contributed by atoms with Crippen LogP contribution < -0.4 is 9.64 Å². The molecule has 1 atom stereocenters. The van der Waals surface area contributed by atoms with E-state index in [1.165, 1.54) is 12.1 Å². The third kappa shape index (κ3) is 4.79. The number of nitrogens with one attached hydrogen (secondary N) is 1. The van der Waals surface area contributed by atoms with E-state index in [-0.39, 0.29) is 11.6 Å². The van der Waals surface area contributed by atoms with Crippen molar-refractivity contribution in [3.63, 3.8) is 0 Å². The summed E-state index contributed by atoms with van der Waals surface area (Å²) >= 11 is 0. The molecule has 184 valence electrons. The van der Waals surface area contributed by atoms with E-state index in [9.17, 15) is 14.9 Å². The van der Waals surface area contributed by atoms with E-state index >= 15 is 0 Å². The Balaban J connectivity index is 1.70. The summed E-state index contributed by atoms with van der Waals surface area (Å²) in [6.07, 6.45) is 1.92. The summed E-state index contributed by atoms with van der Waals surface area (Å²) in [4.78, 5) is 30.1. The van der Waals surface area contributed by atoms with E-state index in [2.05, 4.69) is 4.98 Å². The highest BCUT2D eigenvalue weighted by molar-refractivity contribution is 6.07. The number of nitro groups is 1. The summed E-state index contributed by atoms with van der Waals surface area (Å²) in [5.41, 5.74) is 3.76. The Morgan fingerprint density at radius 2 is 1.59 bits per heavy atom. The monoisotopic (exact) mass is 491 g/mol. The number of carbonyl (C=O) groups excluding carboxylic acids is 1. The molecule has 1 amide bonds. The van der Waals surface area contributed by atoms with Gasteiger partial charge in [0.2, 0.25) is 0 Å². The van der Waals surface area contributed by atoms with Crippen molar-refractivity contribution in [3.8, 4) is 5.75 Å². The van der Waals surface area contributed by atoms with Crippen LogP contribution in [0.15, 0.2) is 109 Å². The number of rotatable bonds is 8. The summed E-state index contributed by atoms with van der Waals surface area (Å²) in [6, 6.07) is 30.3. The van der Waals surface area contributed by atoms with Gasteiger partial charge in [-0.05, 0) is 55.0 Å². The van der Waals surface area contributed by atoms with Crippen molar-refractivity contribution < 1.29 is 14.5 Å². The molecule has 0 spiro atoms. The van der Waals surface area contributed by atoms with Gasteiger partial charge in [0, 0.05) is 46.0 Å². The molecule has 5 rings (SSSR count). The van der Waals surface area contributed by atoms with E-state index in [1.54, 1.807) is 41.3 Å². The van der Waals surface area contributed by atoms with Gasteiger partial charge in [-0.2, -0.15) is 0 Å². The largest absolute Gasteiger partial charge is 0.494 e. The highest BCUT2D eigenvalue weighted by atomic mass is 16.6. The molecular weight excluding hydrogens is 466 g/mol. The summed E-state index contributed by atoms with van der Waals surface area (Å²) in [5, 5.41) is 12.3. The second kappa shape index (κ2) is 10.4. The van der Waals surface area contributed by atoms with Crippen LogP contribution in [-0.4, -0.2) is 22.4 Å². The van der Waals surface area contributed by atoms with E-state index in [4.69, 9.17) is 4.74 Å². The zero-order valence-electron chi connectivity index (χ0n) is 20.2. The minimum absolute atomic E-state index is 0.0411. The number of H-pyrrole nitrogens is 1. The van der Waals surface area contributed by atoms with Crippen molar-refractivity contribution in [2.75, 3.05) is 11.5 Å². The van der Waals surface area contributed by atoms with Crippen LogP contribution in [-0.2, 0) is 0 Å². The van der Waals surface area contributed by atoms with Gasteiger partial charge >= 0.3 is 0 Å². The first kappa shape index (κ1) is 23.8. The van der Waals surface area contributed by atoms with E-state index < -0.39 is 11.0 Å². The van der Waals surface area contributed by atoms with Crippen molar-refractivity contribution >= 4 is 28.2 Å². The molecule has 1 heterocycles. The fourth-order valence-electron chi connectivity index (χ4n) is 4.54. The molecule has 4 aromatic carbocycles. The molecule has 1 unspecified atom stereocenters. The molecule has 1 N–H and O–H groups in total. The number of para-hydroxylation sites is 1. The summed E-state index contributed by atoms with van der Waals surface area (Å²) in [6.45, 7) is 2.43. The molecule has 0 aliphatic heterocycles. The van der Waals surface area contributed by atoms with Crippen LogP contribution in [0.2, 0.25) is 0 Å². The third-order valence-corrected chi connectivity index (χ3v) is 6.26. The van der Waals surface area contributed by atoms with Gasteiger partial charge in [0.25, 0.3) is 11.6 Å². The smallest absolute Gasteiger partial charge is 0.269 e. The Morgan fingerprint density at radius 3 is 2.27 bits per heavy atom. The average molecular weight is 492 g/mol. The van der Waals surface area contributed by atoms with E-state index in [0.29, 0.717) is 23.6 Å². The fourth-order valence-corrected chi connectivity index (χ4v) is 4.54. The lowest BCUT2D eigenvalue weighted by atomic mass is 9.95. The number of hydrogen-bond donors (Lipinski definition) is 1. The predicted octanol–water partition coefficient (Wildman–Crippen LogP) is 6.91. The Morgan fingerprint density at radius 1 is 0.919 bits per heavy atom. The molecule has 0 saturated heterocycles. The Bertz CT molecular complexity index is 1530. The zero-order valence-corrected chi connectivity index (χ0v) is 20.2. The lowest BCUT2D eigenvalue weighted by Crippen LogP contribution is -2.35. The first-order valence-corrected chi connectivity index (χ1v) is 12.0. The van der Waals surface area contributed by atoms with Crippen LogP contribution >= 0.6 is 0 Å². The fraction of sp³-hybridized carbons (Fsp3) is 0.100. The number of non-ortho nitro benzene ring substituents is 1. The number of fused-ring (bicyclic) bond motifs is 1. The summed E-state index contributed by atoms with van der Waals surface area (Å²) < 4.78 is 5.55. The first-order chi connectivity index (χ1) is 18.1. The molecule has 0 saturated carbocycles. The van der Waals surface area contributed by atoms with Gasteiger partial charge in [0.1, 0.15) is 5.75 Å². The van der Waals surface area contributed by atoms with Gasteiger partial charge in [-0.1, -0.05) is 48.5 Å². The van der Waals surface area contributed by atoms with Gasteiger partial charge in [-0.15, -0.1) is 0 Å². The van der Waals surface area contributed by atoms with Crippen LogP contribution in [0.1, 0.15) is 34.5 Å². The molecule has 7 nitrogen and oxygen atoms in total. The first-order valence-electron chi connectivity index (χ1n) is 12.0. The Hall–Kier alpha value is -4.91. The molecule has 1 aromatic heterocycles. The number of aromatic nitrogens is 1. The number of anilines is 1. The minimum atomic E-state index is -0.502. The van der Waals surface area contributed by atoms with Crippen molar-refractivity contribution in [1.82, 2.24) is 4.98 Å². The molecule has 7 heteroatoms. The van der Waals surface area contributed by atoms with Crippen molar-refractivity contribution in [1.29, 1.82) is 0 Å². The van der Waals surface area contributed by atoms with Gasteiger partial charge in [0.05, 0.1) is 17.6 Å². The number of nitro benzene ring substituents is 1. The van der Waals surface area contributed by atoms with Crippen LogP contribution in [0.25, 0.3) is 10.9 Å². The predicted molar refractivity (Wildman–Crippen MR) is 144 cm³/mol. The molecule has 0 aliphatic rings. The second-order valence-corrected chi connectivity index (χ2v) is 8.51. The Kier molecular flexibility index (Phi) is 6.68. The lowest BCUT2D eigenvalue weighted by Gasteiger charge is -2.32. The topological polar surface area (TPSA) is 88.5 Å². The molecule has 0 radical (unpaired) electrons. The standard InChI is InChI=1S/C30H25N3O4/c1-2-37-25-18-12-22(13-19-25)30(34)32(23-14-16-24(17-15-23)33(35)36)29(21-8-4-3-5-9-21)27-20-31-28-11-7-6-10-26(27)28/h3-20,29,31H,2H2,1H3. The third-order valence-electron chi connectivity index (χ3n) is 6.26. The maximum atomic E-state index is 14.2. The van der Waals surface area contributed by atoms with Crippen molar-refractivity contribution in [2.24, 2.45) is 0 Å². The number of ether oxygens (including phenoxy) is 1. The lowest BCUT2D eigenvalue weighted by molar-refractivity contribution is -0.384. The van der Waals surface area contributed by atoms with Crippen LogP contribution in [0, 0.1) is 10.1 Å². The van der Waals surface area contributed by atoms with Crippen molar-refractivity contribution in [3.05, 3.63) is 136 Å². The normalized spacial score (nSPS) is 11.7. The van der Waals surface area contributed by atoms with E-state index in [1.807, 2.05) is 67.7 Å². The maximum Gasteiger partial charge on any atom is 0.269 e. The number of hydrogen-bond acceptors (Lipinski definition) is 4. The number of aromatic amines is 1. The second-order valence-electron chi connectivity index (χ2n) is 8.51. The van der Waals surface area contributed by atoms with Crippen molar-refractivity contribution in [2.45, 2.75) is 13.0 Å². The van der Waals surface area contributed by atoms with Crippen LogP contribution in [0.4, 0.5) is 11.4 Å². The van der Waals surface area contributed by atoms with Gasteiger partial charge in [0.15, 0.2) is 0 Å². The maximum absolute atomic E-state index is 14.2. The van der Waals surface area contributed by atoms with Gasteiger partial charge < -0.3 is 9.72 Å². The number of nitrogens with zero attached hydrogens (tertiary/aromatic N) is 2. The SMILES string of the molecule is CCOc1ccc(C(=O)N(c2ccc([N+](=O)[O-])cc2)C(c2ccccc2)c2c[nH]c3ccccc23)cc1. The highest BCUT2D eigenvalue weighted by Crippen LogP contribution is 2.38. The summed E-state index contributed by atoms with van der Waals surface area (Å²) in [5.74, 6) is 0.438. The Labute approximate surface area is 214 Å². The number of benzene rings is 4. The van der Waals surface area contributed by atoms with Gasteiger partial charge in [-0.25, -0.2) is 0 Å². The van der Waals surface area contributed by atoms with Crippen LogP contribution in [0.3, 0.4) is 0 Å². The molecule has 0 fully saturated rings. The van der Waals surface area contributed by atoms with Crippen LogP contribution in [0.5, 0.6) is 5.75 Å². The summed E-state index contributed by atoms with van der Waals surface area (Å²) in [7, 11) is 0. The minimum Gasteiger partial charge on any atom is -0.494 e. The van der Waals surface area contributed by atoms with E-state index in [0.717, 1.165) is 22.0 Å². The molecule has 5 aromatic rings. The number of carbonyl (C=O) groups is 1. The number of amides is 1. The molecule has 0 aliphatic carbocycles. The highest BCUT2D eigenvalue weighted by Gasteiger charge is 2.31. The molecule has 0 bridgehead atoms. The van der Waals surface area contributed by atoms with Gasteiger partial charge in [-0.3, -0.25) is 19.8 Å². The molecule has 37 heavy (non-hydrogen) atoms. The zero-order chi connectivity index (χ0) is 25.8. The molecular formula is C30H25N3O4.